The average Bonchev–Trinajstić information content (AvgIpc) is 2.22. The molecule has 0 radical (unpaired) electrons. The van der Waals surface area contributed by atoms with Crippen LogP contribution in [0.3, 0.4) is 0 Å². The Morgan fingerprint density at radius 2 is 1.68 bits per heavy atom. The van der Waals surface area contributed by atoms with Crippen LogP contribution < -0.4 is 41.0 Å². The molecule has 0 heterocycles. The predicted molar refractivity (Wildman–Crippen MR) is 61.7 cm³/mol. The number of aryl methyl sites for hydroxylation is 1. The van der Waals surface area contributed by atoms with Crippen molar-refractivity contribution >= 4 is 22.9 Å². The fourth-order valence-corrected chi connectivity index (χ4v) is 1.48. The van der Waals surface area contributed by atoms with Gasteiger partial charge in [0.05, 0.1) is 4.90 Å². The van der Waals surface area contributed by atoms with E-state index in [1.807, 2.05) is 6.79 Å². The molecule has 0 aromatic heterocycles. The first-order valence-electron chi connectivity index (χ1n) is 4.24. The van der Waals surface area contributed by atoms with Crippen molar-refractivity contribution in [1.29, 1.82) is 0 Å². The summed E-state index contributed by atoms with van der Waals surface area (Å²) in [5.74, 6) is -0.465. The van der Waals surface area contributed by atoms with Crippen LogP contribution in [0, 0.1) is 6.92 Å². The largest absolute Gasteiger partial charge is 1.00 e. The molecule has 0 saturated heterocycles. The van der Waals surface area contributed by atoms with E-state index >= 15 is 0 Å². The number of hydrogen-bond donors (Lipinski definition) is 3. The quantitative estimate of drug-likeness (QED) is 0.359. The number of para-hydroxylation sites is 1. The zero-order valence-electron chi connectivity index (χ0n) is 10.5. The Hall–Kier alpha value is -1.13. The molecule has 0 unspecified atom stereocenters. The first-order chi connectivity index (χ1) is 8.16. The minimum absolute atomic E-state index is 0. The second kappa shape index (κ2) is 10.8. The Morgan fingerprint density at radius 3 is 1.95 bits per heavy atom. The number of carbonyl (C=O) groups is 2. The van der Waals surface area contributed by atoms with E-state index in [1.165, 1.54) is 19.1 Å². The summed E-state index contributed by atoms with van der Waals surface area (Å²) in [7, 11) is -4.56. The van der Waals surface area contributed by atoms with E-state index in [4.69, 9.17) is 14.7 Å². The fourth-order valence-electron chi connectivity index (χ4n) is 0.834. The van der Waals surface area contributed by atoms with Crippen LogP contribution in [0.4, 0.5) is 4.79 Å². The van der Waals surface area contributed by atoms with Gasteiger partial charge in [-0.25, -0.2) is 13.2 Å². The number of benzene rings is 1. The molecule has 0 saturated carbocycles. The van der Waals surface area contributed by atoms with Crippen molar-refractivity contribution in [2.75, 3.05) is 0 Å². The molecule has 1 aromatic carbocycles. The number of hydrogen-bond acceptors (Lipinski definition) is 6. The molecule has 0 aliphatic heterocycles. The summed E-state index contributed by atoms with van der Waals surface area (Å²) in [6.07, 6.45) is 0. The van der Waals surface area contributed by atoms with E-state index in [0.29, 0.717) is 5.56 Å². The van der Waals surface area contributed by atoms with Crippen molar-refractivity contribution in [3.05, 3.63) is 23.8 Å². The molecule has 0 aliphatic carbocycles. The van der Waals surface area contributed by atoms with Crippen LogP contribution in [0.5, 0.6) is 5.75 Å². The standard InChI is InChI=1S/C7H8O4S.CH4N2O.CH2O.Na/c1-5-3-2-4-6(7(5)8)12(9,10)11;2-1(3)4;1-2;/h2-4,8H,1H3,(H,9,10,11);(H4,2,3,4);1H2;/q;;;+1/p-1. The second-order valence-electron chi connectivity index (χ2n) is 2.78. The van der Waals surface area contributed by atoms with Gasteiger partial charge in [-0.2, -0.15) is 0 Å². The Bertz CT molecular complexity index is 501. The SMILES string of the molecule is C=O.Cc1cccc(S(=O)(=O)[O-])c1O.NC(N)=O.[Na+]. The van der Waals surface area contributed by atoms with Crippen molar-refractivity contribution in [1.82, 2.24) is 0 Å². The number of aromatic hydroxyl groups is 1. The van der Waals surface area contributed by atoms with Gasteiger partial charge in [-0.1, -0.05) is 12.1 Å². The van der Waals surface area contributed by atoms with Crippen LogP contribution in [-0.4, -0.2) is 30.9 Å². The number of phenols is 1. The van der Waals surface area contributed by atoms with Gasteiger partial charge < -0.3 is 25.9 Å². The van der Waals surface area contributed by atoms with Crippen LogP contribution in [-0.2, 0) is 14.9 Å². The summed E-state index contributed by atoms with van der Waals surface area (Å²) >= 11 is 0. The number of rotatable bonds is 1. The normalized spacial score (nSPS) is 8.74. The van der Waals surface area contributed by atoms with Crippen LogP contribution in [0.15, 0.2) is 23.1 Å². The van der Waals surface area contributed by atoms with Crippen molar-refractivity contribution in [2.24, 2.45) is 11.5 Å². The molecule has 10 heteroatoms. The molecule has 0 bridgehead atoms. The van der Waals surface area contributed by atoms with Gasteiger partial charge in [0.1, 0.15) is 22.7 Å². The van der Waals surface area contributed by atoms with E-state index in [9.17, 15) is 13.0 Å². The summed E-state index contributed by atoms with van der Waals surface area (Å²) in [5.41, 5.74) is 8.87. The van der Waals surface area contributed by atoms with Gasteiger partial charge in [0, 0.05) is 0 Å². The Labute approximate surface area is 132 Å². The minimum Gasteiger partial charge on any atom is -0.744 e. The predicted octanol–water partition coefficient (Wildman–Crippen LogP) is -3.55. The Morgan fingerprint density at radius 1 is 1.32 bits per heavy atom. The smallest absolute Gasteiger partial charge is 0.744 e. The summed E-state index contributed by atoms with van der Waals surface area (Å²) in [5, 5.41) is 9.15. The van der Waals surface area contributed by atoms with E-state index in [1.54, 1.807) is 0 Å². The number of carbonyl (C=O) groups excluding carboxylic acids is 2. The summed E-state index contributed by atoms with van der Waals surface area (Å²) in [6, 6.07) is 3.16. The Kier molecular flexibility index (Phi) is 13.0. The number of urea groups is 1. The zero-order valence-corrected chi connectivity index (χ0v) is 13.3. The van der Waals surface area contributed by atoms with Gasteiger partial charge in [-0.15, -0.1) is 0 Å². The molecule has 102 valence electrons. The third-order valence-corrected chi connectivity index (χ3v) is 2.34. The maximum Gasteiger partial charge on any atom is 1.00 e. The van der Waals surface area contributed by atoms with E-state index in [0.717, 1.165) is 6.07 Å². The zero-order chi connectivity index (χ0) is 14.9. The maximum absolute atomic E-state index is 10.5. The molecule has 0 aliphatic rings. The first kappa shape index (κ1) is 23.0. The van der Waals surface area contributed by atoms with Crippen LogP contribution in [0.1, 0.15) is 5.56 Å². The Balaban J connectivity index is -0.000000316. The van der Waals surface area contributed by atoms with Crippen LogP contribution >= 0.6 is 0 Å². The molecule has 2 amide bonds. The van der Waals surface area contributed by atoms with Gasteiger partial charge in [0.15, 0.2) is 0 Å². The third-order valence-electron chi connectivity index (χ3n) is 1.47. The maximum atomic E-state index is 10.5. The topological polar surface area (TPSA) is 164 Å². The number of phenolic OH excluding ortho intramolecular Hbond substituents is 1. The van der Waals surface area contributed by atoms with Gasteiger partial charge >= 0.3 is 35.6 Å². The number of primary amides is 2. The van der Waals surface area contributed by atoms with Gasteiger partial charge in [0.2, 0.25) is 0 Å². The summed E-state index contributed by atoms with van der Waals surface area (Å²) in [4.78, 5) is 16.4. The molecule has 0 atom stereocenters. The van der Waals surface area contributed by atoms with Crippen molar-refractivity contribution in [2.45, 2.75) is 11.8 Å². The second-order valence-corrected chi connectivity index (χ2v) is 4.13. The molecular weight excluding hydrogens is 287 g/mol. The molecule has 1 aromatic rings. The van der Waals surface area contributed by atoms with Gasteiger partial charge in [-0.05, 0) is 18.6 Å². The molecule has 0 fully saturated rings. The van der Waals surface area contributed by atoms with Gasteiger partial charge in [0.25, 0.3) is 0 Å². The third kappa shape index (κ3) is 10.5. The number of amides is 2. The molecule has 5 N–H and O–H groups in total. The molecule has 8 nitrogen and oxygen atoms in total. The van der Waals surface area contributed by atoms with Gasteiger partial charge in [-0.3, -0.25) is 0 Å². The van der Waals surface area contributed by atoms with Crippen molar-refractivity contribution < 1.29 is 57.2 Å². The average molecular weight is 300 g/mol. The van der Waals surface area contributed by atoms with Crippen molar-refractivity contribution in [3.8, 4) is 5.75 Å². The van der Waals surface area contributed by atoms with E-state index in [-0.39, 0.29) is 29.6 Å². The summed E-state index contributed by atoms with van der Waals surface area (Å²) in [6.45, 7) is 3.52. The molecule has 1 rings (SSSR count). The molecular formula is C9H13N2NaO6S. The molecule has 19 heavy (non-hydrogen) atoms. The summed E-state index contributed by atoms with van der Waals surface area (Å²) < 4.78 is 31.5. The van der Waals surface area contributed by atoms with Crippen LogP contribution in [0.2, 0.25) is 0 Å². The number of nitrogens with two attached hydrogens (primary N) is 2. The monoisotopic (exact) mass is 300 g/mol. The first-order valence-corrected chi connectivity index (χ1v) is 5.65. The van der Waals surface area contributed by atoms with E-state index in [2.05, 4.69) is 11.5 Å². The van der Waals surface area contributed by atoms with Crippen molar-refractivity contribution in [3.63, 3.8) is 0 Å². The minimum atomic E-state index is -4.56. The fraction of sp³-hybridized carbons (Fsp3) is 0.111. The van der Waals surface area contributed by atoms with E-state index < -0.39 is 26.8 Å². The molecule has 0 spiro atoms. The van der Waals surface area contributed by atoms with Crippen LogP contribution in [0.25, 0.3) is 0 Å².